The lowest BCUT2D eigenvalue weighted by molar-refractivity contribution is -0.123. The van der Waals surface area contributed by atoms with E-state index in [2.05, 4.69) is 22.5 Å². The van der Waals surface area contributed by atoms with Crippen LogP contribution in [0.3, 0.4) is 0 Å². The Kier molecular flexibility index (Phi) is 7.01. The molecule has 7 nitrogen and oxygen atoms in total. The molecule has 1 aromatic rings. The van der Waals surface area contributed by atoms with Crippen LogP contribution in [-0.4, -0.2) is 35.5 Å². The number of nitrogens with one attached hydrogen (secondary N) is 2. The second-order valence-electron chi connectivity index (χ2n) is 5.96. The van der Waals surface area contributed by atoms with Crippen molar-refractivity contribution in [3.8, 4) is 0 Å². The van der Waals surface area contributed by atoms with Crippen LogP contribution in [0.1, 0.15) is 43.0 Å². The van der Waals surface area contributed by atoms with Gasteiger partial charge in [0.25, 0.3) is 5.91 Å². The largest absolute Gasteiger partial charge is 0.452 e. The maximum Gasteiger partial charge on any atom is 0.340 e. The summed E-state index contributed by atoms with van der Waals surface area (Å²) in [6.45, 7) is 1.48. The van der Waals surface area contributed by atoms with Gasteiger partial charge in [-0.25, -0.2) is 14.6 Å². The maximum absolute atomic E-state index is 11.8. The van der Waals surface area contributed by atoms with Gasteiger partial charge in [-0.2, -0.15) is 0 Å². The Morgan fingerprint density at radius 3 is 2.68 bits per heavy atom. The smallest absolute Gasteiger partial charge is 0.340 e. The van der Waals surface area contributed by atoms with Crippen molar-refractivity contribution in [3.05, 3.63) is 28.0 Å². The summed E-state index contributed by atoms with van der Waals surface area (Å²) >= 11 is 11.4. The van der Waals surface area contributed by atoms with Crippen molar-refractivity contribution in [2.24, 2.45) is 5.92 Å². The molecule has 1 heterocycles. The van der Waals surface area contributed by atoms with Gasteiger partial charge in [0.05, 0.1) is 10.6 Å². The first-order chi connectivity index (χ1) is 11.9. The van der Waals surface area contributed by atoms with Crippen molar-refractivity contribution < 1.29 is 19.1 Å². The first-order valence-corrected chi connectivity index (χ1v) is 8.71. The normalized spacial score (nSPS) is 19.8. The second-order valence-corrected chi connectivity index (χ2v) is 6.73. The lowest BCUT2D eigenvalue weighted by atomic mass is 9.86. The van der Waals surface area contributed by atoms with Crippen molar-refractivity contribution in [1.82, 2.24) is 15.6 Å². The van der Waals surface area contributed by atoms with E-state index in [0.717, 1.165) is 25.7 Å². The molecule has 2 atom stereocenters. The number of carbonyl (C=O) groups excluding carboxylic acids is 3. The number of rotatable bonds is 4. The van der Waals surface area contributed by atoms with Crippen molar-refractivity contribution >= 4 is 41.1 Å². The highest BCUT2D eigenvalue weighted by molar-refractivity contribution is 6.41. The third-order valence-corrected chi connectivity index (χ3v) is 4.73. The Balaban J connectivity index is 1.76. The molecule has 136 valence electrons. The average Bonchev–Trinajstić information content (AvgIpc) is 2.57. The number of nitrogens with zero attached hydrogens (tertiary/aromatic N) is 1. The molecule has 0 radical (unpaired) electrons. The van der Waals surface area contributed by atoms with E-state index >= 15 is 0 Å². The lowest BCUT2D eigenvalue weighted by Crippen LogP contribution is -2.48. The van der Waals surface area contributed by atoms with E-state index in [1.807, 2.05) is 0 Å². The summed E-state index contributed by atoms with van der Waals surface area (Å²) in [5, 5.41) is 5.08. The van der Waals surface area contributed by atoms with Crippen LogP contribution in [0.5, 0.6) is 0 Å². The number of amides is 3. The molecule has 0 unspecified atom stereocenters. The number of halogens is 2. The van der Waals surface area contributed by atoms with Crippen LogP contribution in [0.15, 0.2) is 12.3 Å². The molecule has 1 aliphatic rings. The SMILES string of the molecule is C[C@H]1CCCC[C@H]1NC(=O)NC(=O)COC(=O)c1cnc(Cl)c(Cl)c1. The van der Waals surface area contributed by atoms with E-state index in [9.17, 15) is 14.4 Å². The van der Waals surface area contributed by atoms with Gasteiger partial charge < -0.3 is 10.1 Å². The van der Waals surface area contributed by atoms with E-state index in [4.69, 9.17) is 27.9 Å². The Morgan fingerprint density at radius 1 is 1.28 bits per heavy atom. The first-order valence-electron chi connectivity index (χ1n) is 7.95. The van der Waals surface area contributed by atoms with Crippen LogP contribution in [0, 0.1) is 5.92 Å². The fraction of sp³-hybridized carbons (Fsp3) is 0.500. The minimum atomic E-state index is -0.789. The predicted octanol–water partition coefficient (Wildman–Crippen LogP) is 2.95. The van der Waals surface area contributed by atoms with Crippen molar-refractivity contribution in [2.75, 3.05) is 6.61 Å². The van der Waals surface area contributed by atoms with Crippen LogP contribution >= 0.6 is 23.2 Å². The Bertz CT molecular complexity index is 669. The van der Waals surface area contributed by atoms with Crippen LogP contribution in [0.25, 0.3) is 0 Å². The van der Waals surface area contributed by atoms with Crippen LogP contribution in [0.2, 0.25) is 10.2 Å². The number of pyridine rings is 1. The fourth-order valence-corrected chi connectivity index (χ4v) is 2.91. The van der Waals surface area contributed by atoms with Gasteiger partial charge in [-0.1, -0.05) is 43.0 Å². The molecule has 2 rings (SSSR count). The molecule has 0 aliphatic heterocycles. The van der Waals surface area contributed by atoms with Crippen LogP contribution in [0.4, 0.5) is 4.79 Å². The minimum Gasteiger partial charge on any atom is -0.452 e. The number of urea groups is 1. The zero-order chi connectivity index (χ0) is 18.4. The van der Waals surface area contributed by atoms with Gasteiger partial charge in [-0.05, 0) is 24.8 Å². The van der Waals surface area contributed by atoms with Gasteiger partial charge in [-0.3, -0.25) is 10.1 Å². The summed E-state index contributed by atoms with van der Waals surface area (Å²) in [7, 11) is 0. The quantitative estimate of drug-likeness (QED) is 0.611. The number of hydrogen-bond donors (Lipinski definition) is 2. The molecular formula is C16H19Cl2N3O4. The molecule has 0 aromatic carbocycles. The van der Waals surface area contributed by atoms with Gasteiger partial charge in [0.1, 0.15) is 5.15 Å². The number of aromatic nitrogens is 1. The molecule has 2 N–H and O–H groups in total. The Hall–Kier alpha value is -1.86. The summed E-state index contributed by atoms with van der Waals surface area (Å²) in [6.07, 6.45) is 5.33. The molecule has 25 heavy (non-hydrogen) atoms. The third kappa shape index (κ3) is 5.86. The number of ether oxygens (including phenoxy) is 1. The topological polar surface area (TPSA) is 97.4 Å². The zero-order valence-electron chi connectivity index (χ0n) is 13.7. The van der Waals surface area contributed by atoms with Gasteiger partial charge in [0, 0.05) is 12.2 Å². The summed E-state index contributed by atoms with van der Waals surface area (Å²) in [5.41, 5.74) is 0.0580. The molecule has 0 bridgehead atoms. The molecule has 0 saturated heterocycles. The number of imide groups is 1. The van der Waals surface area contributed by atoms with Crippen molar-refractivity contribution in [1.29, 1.82) is 0 Å². The maximum atomic E-state index is 11.8. The molecular weight excluding hydrogens is 369 g/mol. The fourth-order valence-electron chi connectivity index (χ4n) is 2.65. The first kappa shape index (κ1) is 19.5. The summed E-state index contributed by atoms with van der Waals surface area (Å²) in [5.74, 6) is -1.14. The van der Waals surface area contributed by atoms with Crippen LogP contribution < -0.4 is 10.6 Å². The average molecular weight is 388 g/mol. The summed E-state index contributed by atoms with van der Waals surface area (Å²) < 4.78 is 4.82. The number of carbonyl (C=O) groups is 3. The molecule has 1 aliphatic carbocycles. The van der Waals surface area contributed by atoms with Crippen molar-refractivity contribution in [3.63, 3.8) is 0 Å². The van der Waals surface area contributed by atoms with Gasteiger partial charge in [0.2, 0.25) is 0 Å². The molecule has 0 spiro atoms. The van der Waals surface area contributed by atoms with E-state index in [1.165, 1.54) is 12.3 Å². The highest BCUT2D eigenvalue weighted by atomic mass is 35.5. The molecule has 1 aromatic heterocycles. The van der Waals surface area contributed by atoms with E-state index in [1.54, 1.807) is 0 Å². The highest BCUT2D eigenvalue weighted by Crippen LogP contribution is 2.23. The minimum absolute atomic E-state index is 0.0476. The molecule has 9 heteroatoms. The van der Waals surface area contributed by atoms with Gasteiger partial charge in [0.15, 0.2) is 6.61 Å². The van der Waals surface area contributed by atoms with Crippen LogP contribution in [-0.2, 0) is 9.53 Å². The predicted molar refractivity (Wildman–Crippen MR) is 92.6 cm³/mol. The summed E-state index contributed by atoms with van der Waals surface area (Å²) in [4.78, 5) is 39.1. The Labute approximate surface area is 155 Å². The van der Waals surface area contributed by atoms with Gasteiger partial charge >= 0.3 is 12.0 Å². The highest BCUT2D eigenvalue weighted by Gasteiger charge is 2.23. The van der Waals surface area contributed by atoms with E-state index in [-0.39, 0.29) is 21.8 Å². The standard InChI is InChI=1S/C16H19Cl2N3O4/c1-9-4-2-3-5-12(9)20-16(24)21-13(22)8-25-15(23)10-6-11(17)14(18)19-7-10/h6-7,9,12H,2-5,8H2,1H3,(H2,20,21,22,24)/t9-,12+/m0/s1. The van der Waals surface area contributed by atoms with E-state index in [0.29, 0.717) is 5.92 Å². The van der Waals surface area contributed by atoms with Gasteiger partial charge in [-0.15, -0.1) is 0 Å². The monoisotopic (exact) mass is 387 g/mol. The second kappa shape index (κ2) is 9.01. The molecule has 1 fully saturated rings. The molecule has 1 saturated carbocycles. The summed E-state index contributed by atoms with van der Waals surface area (Å²) in [6, 6.07) is 0.747. The third-order valence-electron chi connectivity index (χ3n) is 4.05. The van der Waals surface area contributed by atoms with Crippen molar-refractivity contribution in [2.45, 2.75) is 38.6 Å². The molecule has 3 amide bonds. The zero-order valence-corrected chi connectivity index (χ0v) is 15.2. The van der Waals surface area contributed by atoms with E-state index < -0.39 is 24.5 Å². The number of hydrogen-bond acceptors (Lipinski definition) is 5. The Morgan fingerprint density at radius 2 is 2.00 bits per heavy atom. The number of esters is 1. The lowest BCUT2D eigenvalue weighted by Gasteiger charge is -2.29.